The second kappa shape index (κ2) is 10.7. The van der Waals surface area contributed by atoms with Crippen LogP contribution in [0, 0.1) is 0 Å². The molecule has 0 heterocycles. The summed E-state index contributed by atoms with van der Waals surface area (Å²) >= 11 is 0. The number of esters is 1. The second-order valence-corrected chi connectivity index (χ2v) is 8.15. The molecule has 1 aliphatic carbocycles. The fourth-order valence-corrected chi connectivity index (χ4v) is 4.26. The first kappa shape index (κ1) is 23.8. The summed E-state index contributed by atoms with van der Waals surface area (Å²) in [5.74, 6) is -1.88. The molecule has 3 aromatic carbocycles. The Morgan fingerprint density at radius 3 is 2.23 bits per heavy atom. The van der Waals surface area contributed by atoms with Crippen LogP contribution < -0.4 is 5.32 Å². The number of hydrogen-bond acceptors (Lipinski definition) is 5. The number of nitrogens with one attached hydrogen (secondary N) is 1. The number of carbonyl (C=O) groups excluding carboxylic acids is 2. The Morgan fingerprint density at radius 2 is 1.60 bits per heavy atom. The number of alkyl carbamates (subject to hydrolysis) is 1. The highest BCUT2D eigenvalue weighted by atomic mass is 16.5. The van der Waals surface area contributed by atoms with Gasteiger partial charge >= 0.3 is 18.0 Å². The van der Waals surface area contributed by atoms with Crippen molar-refractivity contribution < 1.29 is 29.0 Å². The van der Waals surface area contributed by atoms with E-state index in [0.29, 0.717) is 5.56 Å². The molecule has 0 bridgehead atoms. The Labute approximate surface area is 203 Å². The van der Waals surface area contributed by atoms with Crippen LogP contribution in [-0.4, -0.2) is 42.4 Å². The molecule has 2 N–H and O–H groups in total. The number of rotatable bonds is 9. The van der Waals surface area contributed by atoms with Gasteiger partial charge < -0.3 is 19.9 Å². The van der Waals surface area contributed by atoms with Gasteiger partial charge in [0.25, 0.3) is 0 Å². The summed E-state index contributed by atoms with van der Waals surface area (Å²) in [6.07, 6.45) is 0.614. The molecule has 1 unspecified atom stereocenters. The van der Waals surface area contributed by atoms with Crippen molar-refractivity contribution in [1.82, 2.24) is 5.32 Å². The lowest BCUT2D eigenvalue weighted by Gasteiger charge is -2.18. The van der Waals surface area contributed by atoms with E-state index in [1.807, 2.05) is 48.5 Å². The molecular formula is C28H25NO6. The minimum Gasteiger partial charge on any atom is -0.480 e. The first-order valence-corrected chi connectivity index (χ1v) is 11.2. The summed E-state index contributed by atoms with van der Waals surface area (Å²) in [6.45, 7) is 3.65. The normalized spacial score (nSPS) is 12.7. The Balaban J connectivity index is 1.40. The van der Waals surface area contributed by atoms with Crippen LogP contribution in [0.5, 0.6) is 0 Å². The predicted octanol–water partition coefficient (Wildman–Crippen LogP) is 4.56. The number of aliphatic carboxylic acids is 1. The van der Waals surface area contributed by atoms with Crippen LogP contribution in [0.25, 0.3) is 11.1 Å². The molecule has 178 valence electrons. The molecule has 7 heteroatoms. The highest BCUT2D eigenvalue weighted by Gasteiger charge is 2.29. The number of benzene rings is 3. The van der Waals surface area contributed by atoms with E-state index in [1.54, 1.807) is 24.3 Å². The van der Waals surface area contributed by atoms with Crippen LogP contribution in [0.2, 0.25) is 0 Å². The van der Waals surface area contributed by atoms with Crippen molar-refractivity contribution in [2.24, 2.45) is 0 Å². The van der Waals surface area contributed by atoms with Gasteiger partial charge in [-0.05, 0) is 39.9 Å². The van der Waals surface area contributed by atoms with Crippen LogP contribution >= 0.6 is 0 Å². The van der Waals surface area contributed by atoms with Gasteiger partial charge in [-0.3, -0.25) is 0 Å². The zero-order valence-corrected chi connectivity index (χ0v) is 19.0. The van der Waals surface area contributed by atoms with Crippen molar-refractivity contribution in [3.8, 4) is 11.1 Å². The number of ether oxygens (including phenoxy) is 2. The molecule has 4 rings (SSSR count). The van der Waals surface area contributed by atoms with Crippen molar-refractivity contribution in [2.45, 2.75) is 18.4 Å². The van der Waals surface area contributed by atoms with Gasteiger partial charge in [0, 0.05) is 12.3 Å². The fourth-order valence-electron chi connectivity index (χ4n) is 4.26. The van der Waals surface area contributed by atoms with E-state index in [1.165, 1.54) is 6.08 Å². The predicted molar refractivity (Wildman–Crippen MR) is 130 cm³/mol. The third-order valence-corrected chi connectivity index (χ3v) is 5.87. The van der Waals surface area contributed by atoms with Crippen molar-refractivity contribution in [2.75, 3.05) is 13.2 Å². The smallest absolute Gasteiger partial charge is 0.407 e. The van der Waals surface area contributed by atoms with E-state index in [0.717, 1.165) is 22.3 Å². The summed E-state index contributed by atoms with van der Waals surface area (Å²) in [5, 5.41) is 12.1. The quantitative estimate of drug-likeness (QED) is 0.350. The van der Waals surface area contributed by atoms with E-state index in [4.69, 9.17) is 9.47 Å². The molecule has 1 aliphatic rings. The molecule has 0 spiro atoms. The van der Waals surface area contributed by atoms with Crippen LogP contribution in [0.4, 0.5) is 4.79 Å². The maximum Gasteiger partial charge on any atom is 0.407 e. The van der Waals surface area contributed by atoms with Crippen LogP contribution in [0.15, 0.2) is 85.5 Å². The van der Waals surface area contributed by atoms with E-state index in [9.17, 15) is 19.5 Å². The minimum absolute atomic E-state index is 0.0257. The van der Waals surface area contributed by atoms with Crippen molar-refractivity contribution in [3.63, 3.8) is 0 Å². The van der Waals surface area contributed by atoms with Gasteiger partial charge in [-0.1, -0.05) is 73.3 Å². The summed E-state index contributed by atoms with van der Waals surface area (Å²) < 4.78 is 10.5. The van der Waals surface area contributed by atoms with Crippen LogP contribution in [0.1, 0.15) is 33.0 Å². The molecule has 0 aromatic heterocycles. The standard InChI is InChI=1S/C28H25NO6/c1-2-14-34-27(32)19-9-7-8-18(15-19)16-25(26(30)31)29-28(33)35-17-24-22-12-5-3-10-20(22)21-11-4-6-13-23(21)24/h2-13,15,24-25H,1,14,16-17H2,(H,29,33)(H,30,31). The first-order chi connectivity index (χ1) is 17.0. The van der Waals surface area contributed by atoms with Crippen LogP contribution in [0.3, 0.4) is 0 Å². The van der Waals surface area contributed by atoms with Crippen molar-refractivity contribution in [1.29, 1.82) is 0 Å². The fraction of sp³-hybridized carbons (Fsp3) is 0.179. The Kier molecular flexibility index (Phi) is 7.26. The largest absolute Gasteiger partial charge is 0.480 e. The summed E-state index contributed by atoms with van der Waals surface area (Å²) in [7, 11) is 0. The summed E-state index contributed by atoms with van der Waals surface area (Å²) in [6, 6.07) is 21.1. The average molecular weight is 472 g/mol. The third kappa shape index (κ3) is 5.41. The molecule has 0 saturated heterocycles. The van der Waals surface area contributed by atoms with E-state index < -0.39 is 24.1 Å². The molecule has 1 atom stereocenters. The molecule has 0 saturated carbocycles. The molecular weight excluding hydrogens is 446 g/mol. The third-order valence-electron chi connectivity index (χ3n) is 5.87. The van der Waals surface area contributed by atoms with Gasteiger partial charge in [0.15, 0.2) is 0 Å². The topological polar surface area (TPSA) is 102 Å². The van der Waals surface area contributed by atoms with Gasteiger partial charge in [-0.25, -0.2) is 14.4 Å². The molecule has 1 amide bonds. The van der Waals surface area contributed by atoms with Gasteiger partial charge in [0.1, 0.15) is 19.3 Å². The van der Waals surface area contributed by atoms with Gasteiger partial charge in [0.05, 0.1) is 5.56 Å². The van der Waals surface area contributed by atoms with Crippen LogP contribution in [-0.2, 0) is 20.7 Å². The molecule has 0 aliphatic heterocycles. The summed E-state index contributed by atoms with van der Waals surface area (Å²) in [5.41, 5.74) is 5.19. The second-order valence-electron chi connectivity index (χ2n) is 8.15. The molecule has 3 aromatic rings. The lowest BCUT2D eigenvalue weighted by atomic mass is 9.98. The Morgan fingerprint density at radius 1 is 0.943 bits per heavy atom. The van der Waals surface area contributed by atoms with Crippen molar-refractivity contribution in [3.05, 3.63) is 108 Å². The maximum absolute atomic E-state index is 12.5. The zero-order chi connectivity index (χ0) is 24.8. The van der Waals surface area contributed by atoms with Gasteiger partial charge in [-0.15, -0.1) is 0 Å². The number of carboxylic acids is 1. The van der Waals surface area contributed by atoms with Gasteiger partial charge in [-0.2, -0.15) is 0 Å². The monoisotopic (exact) mass is 471 g/mol. The number of amides is 1. The van der Waals surface area contributed by atoms with E-state index in [-0.39, 0.29) is 31.1 Å². The molecule has 35 heavy (non-hydrogen) atoms. The van der Waals surface area contributed by atoms with E-state index in [2.05, 4.69) is 11.9 Å². The number of carbonyl (C=O) groups is 3. The summed E-state index contributed by atoms with van der Waals surface area (Å²) in [4.78, 5) is 36.4. The SMILES string of the molecule is C=CCOC(=O)c1cccc(CC(NC(=O)OCC2c3ccccc3-c3ccccc32)C(=O)O)c1. The Hall–Kier alpha value is -4.39. The average Bonchev–Trinajstić information content (AvgIpc) is 3.19. The van der Waals surface area contributed by atoms with E-state index >= 15 is 0 Å². The Bertz CT molecular complexity index is 1220. The minimum atomic E-state index is -1.23. The highest BCUT2D eigenvalue weighted by molar-refractivity contribution is 5.89. The molecule has 0 fully saturated rings. The number of hydrogen-bond donors (Lipinski definition) is 2. The van der Waals surface area contributed by atoms with Gasteiger partial charge in [0.2, 0.25) is 0 Å². The van der Waals surface area contributed by atoms with Crippen molar-refractivity contribution >= 4 is 18.0 Å². The molecule has 7 nitrogen and oxygen atoms in total. The number of carboxylic acid groups (broad SMARTS) is 1. The lowest BCUT2D eigenvalue weighted by Crippen LogP contribution is -2.43. The number of fused-ring (bicyclic) bond motifs is 3. The first-order valence-electron chi connectivity index (χ1n) is 11.2. The lowest BCUT2D eigenvalue weighted by molar-refractivity contribution is -0.139. The highest BCUT2D eigenvalue weighted by Crippen LogP contribution is 2.44. The zero-order valence-electron chi connectivity index (χ0n) is 19.0. The molecule has 0 radical (unpaired) electrons. The maximum atomic E-state index is 12.5.